The van der Waals surface area contributed by atoms with E-state index in [9.17, 15) is 13.2 Å². The lowest BCUT2D eigenvalue weighted by atomic mass is 9.95. The first-order valence-corrected chi connectivity index (χ1v) is 9.08. The highest BCUT2D eigenvalue weighted by Gasteiger charge is 2.39. The number of fused-ring (bicyclic) bond motifs is 1. The number of rotatable bonds is 6. The van der Waals surface area contributed by atoms with Crippen molar-refractivity contribution < 1.29 is 18.3 Å². The molecule has 1 aliphatic rings. The molecule has 7 heteroatoms. The van der Waals surface area contributed by atoms with Crippen LogP contribution in [-0.4, -0.2) is 21.6 Å². The molecule has 0 amide bonds. The van der Waals surface area contributed by atoms with Crippen molar-refractivity contribution in [3.63, 3.8) is 0 Å². The van der Waals surface area contributed by atoms with Crippen LogP contribution < -0.4 is 5.32 Å². The van der Waals surface area contributed by atoms with Crippen LogP contribution in [0.25, 0.3) is 5.69 Å². The van der Waals surface area contributed by atoms with Gasteiger partial charge in [-0.2, -0.15) is 18.3 Å². The molecule has 3 rings (SSSR count). The van der Waals surface area contributed by atoms with Gasteiger partial charge in [0.1, 0.15) is 0 Å². The van der Waals surface area contributed by atoms with Gasteiger partial charge in [-0.05, 0) is 49.8 Å². The number of aromatic nitrogens is 2. The van der Waals surface area contributed by atoms with E-state index in [2.05, 4.69) is 17.3 Å². The molecule has 0 bridgehead atoms. The van der Waals surface area contributed by atoms with Crippen molar-refractivity contribution in [2.24, 2.45) is 0 Å². The number of benzene rings is 1. The van der Waals surface area contributed by atoms with Gasteiger partial charge < -0.3 is 5.11 Å². The molecule has 0 saturated carbocycles. The molecule has 1 aromatic carbocycles. The maximum absolute atomic E-state index is 13.3. The first kappa shape index (κ1) is 18.9. The molecule has 142 valence electrons. The predicted molar refractivity (Wildman–Crippen MR) is 93.1 cm³/mol. The van der Waals surface area contributed by atoms with Crippen molar-refractivity contribution in [2.75, 3.05) is 6.73 Å². The molecule has 4 nitrogen and oxygen atoms in total. The van der Waals surface area contributed by atoms with E-state index < -0.39 is 11.9 Å². The van der Waals surface area contributed by atoms with Crippen molar-refractivity contribution >= 4 is 0 Å². The summed E-state index contributed by atoms with van der Waals surface area (Å²) in [4.78, 5) is 0. The first-order chi connectivity index (χ1) is 12.5. The fourth-order valence-corrected chi connectivity index (χ4v) is 3.67. The van der Waals surface area contributed by atoms with E-state index in [1.807, 2.05) is 12.1 Å². The maximum Gasteiger partial charge on any atom is 0.435 e. The molecule has 1 atom stereocenters. The summed E-state index contributed by atoms with van der Waals surface area (Å²) in [6.07, 6.45) is 0.103. The summed E-state index contributed by atoms with van der Waals surface area (Å²) in [7, 11) is 0. The molecule has 2 N–H and O–H groups in total. The van der Waals surface area contributed by atoms with Crippen LogP contribution in [0.15, 0.2) is 24.3 Å². The number of nitrogens with zero attached hydrogens (tertiary/aromatic N) is 2. The standard InChI is InChI=1S/C19H24F3N3O/c1-2-5-16(23-12-26)13-8-10-14(11-9-13)25-17-7-4-3-6-15(17)18(24-25)19(20,21)22/h8-11,16,23,26H,2-7,12H2,1H3. The van der Waals surface area contributed by atoms with Gasteiger partial charge in [0.25, 0.3) is 0 Å². The van der Waals surface area contributed by atoms with E-state index in [0.29, 0.717) is 29.8 Å². The minimum absolute atomic E-state index is 0.0244. The summed E-state index contributed by atoms with van der Waals surface area (Å²) in [5, 5.41) is 16.1. The molecular formula is C19H24F3N3O. The summed E-state index contributed by atoms with van der Waals surface area (Å²) < 4.78 is 41.5. The van der Waals surface area contributed by atoms with Gasteiger partial charge in [-0.25, -0.2) is 4.68 Å². The second-order valence-electron chi connectivity index (χ2n) is 6.69. The molecule has 1 heterocycles. The fourth-order valence-electron chi connectivity index (χ4n) is 3.67. The number of nitrogens with one attached hydrogen (secondary N) is 1. The summed E-state index contributed by atoms with van der Waals surface area (Å²) in [6, 6.07) is 7.42. The molecule has 0 saturated heterocycles. The van der Waals surface area contributed by atoms with Crippen LogP contribution in [0.3, 0.4) is 0 Å². The van der Waals surface area contributed by atoms with E-state index in [1.165, 1.54) is 4.68 Å². The highest BCUT2D eigenvalue weighted by atomic mass is 19.4. The smallest absolute Gasteiger partial charge is 0.381 e. The molecule has 0 aliphatic heterocycles. The van der Waals surface area contributed by atoms with Crippen LogP contribution in [0.1, 0.15) is 61.2 Å². The van der Waals surface area contributed by atoms with Gasteiger partial charge in [0.15, 0.2) is 5.69 Å². The van der Waals surface area contributed by atoms with Gasteiger partial charge in [-0.1, -0.05) is 25.5 Å². The average Bonchev–Trinajstić information content (AvgIpc) is 3.02. The van der Waals surface area contributed by atoms with E-state index in [4.69, 9.17) is 5.11 Å². The average molecular weight is 367 g/mol. The molecule has 26 heavy (non-hydrogen) atoms. The molecule has 1 unspecified atom stereocenters. The molecule has 1 aliphatic carbocycles. The Morgan fingerprint density at radius 3 is 2.50 bits per heavy atom. The number of aliphatic hydroxyl groups is 1. The largest absolute Gasteiger partial charge is 0.435 e. The Kier molecular flexibility index (Phi) is 5.67. The zero-order valence-electron chi connectivity index (χ0n) is 14.8. The minimum Gasteiger partial charge on any atom is -0.381 e. The molecular weight excluding hydrogens is 343 g/mol. The van der Waals surface area contributed by atoms with Crippen molar-refractivity contribution in [2.45, 2.75) is 57.7 Å². The topological polar surface area (TPSA) is 50.1 Å². The monoisotopic (exact) mass is 367 g/mol. The van der Waals surface area contributed by atoms with Crippen molar-refractivity contribution in [3.05, 3.63) is 46.8 Å². The third kappa shape index (κ3) is 3.78. The predicted octanol–water partition coefficient (Wildman–Crippen LogP) is 4.15. The summed E-state index contributed by atoms with van der Waals surface area (Å²) >= 11 is 0. The van der Waals surface area contributed by atoms with E-state index in [-0.39, 0.29) is 12.8 Å². The lowest BCUT2D eigenvalue weighted by Gasteiger charge is -2.18. The number of halogens is 3. The Balaban J connectivity index is 1.95. The molecule has 0 radical (unpaired) electrons. The van der Waals surface area contributed by atoms with E-state index in [1.54, 1.807) is 12.1 Å². The van der Waals surface area contributed by atoms with Gasteiger partial charge in [0.05, 0.1) is 12.4 Å². The molecule has 2 aromatic rings. The minimum atomic E-state index is -4.43. The zero-order valence-corrected chi connectivity index (χ0v) is 14.8. The number of hydrogen-bond acceptors (Lipinski definition) is 3. The summed E-state index contributed by atoms with van der Waals surface area (Å²) in [6.45, 7) is 1.95. The Hall–Kier alpha value is -1.86. The van der Waals surface area contributed by atoms with E-state index in [0.717, 1.165) is 31.2 Å². The lowest BCUT2D eigenvalue weighted by Crippen LogP contribution is -2.22. The van der Waals surface area contributed by atoms with Crippen molar-refractivity contribution in [3.8, 4) is 5.69 Å². The SMILES string of the molecule is CCCC(NCO)c1ccc(-n2nc(C(F)(F)F)c3c2CCCC3)cc1. The summed E-state index contributed by atoms with van der Waals surface area (Å²) in [5.74, 6) is 0. The van der Waals surface area contributed by atoms with Crippen LogP contribution in [0.4, 0.5) is 13.2 Å². The maximum atomic E-state index is 13.3. The Bertz CT molecular complexity index is 732. The van der Waals surface area contributed by atoms with Crippen molar-refractivity contribution in [1.82, 2.24) is 15.1 Å². The molecule has 0 spiro atoms. The van der Waals surface area contributed by atoms with Crippen molar-refractivity contribution in [1.29, 1.82) is 0 Å². The fraction of sp³-hybridized carbons (Fsp3) is 0.526. The number of aliphatic hydroxyl groups excluding tert-OH is 1. The normalized spacial score (nSPS) is 15.7. The van der Waals surface area contributed by atoms with Gasteiger partial charge in [0, 0.05) is 17.3 Å². The third-order valence-electron chi connectivity index (χ3n) is 4.90. The van der Waals surface area contributed by atoms with Crippen LogP contribution in [0.5, 0.6) is 0 Å². The first-order valence-electron chi connectivity index (χ1n) is 9.08. The quantitative estimate of drug-likeness (QED) is 0.754. The number of hydrogen-bond donors (Lipinski definition) is 2. The van der Waals surface area contributed by atoms with Crippen LogP contribution in [0.2, 0.25) is 0 Å². The Labute approximate surface area is 151 Å². The molecule has 1 aromatic heterocycles. The highest BCUT2D eigenvalue weighted by molar-refractivity contribution is 5.41. The van der Waals surface area contributed by atoms with Crippen LogP contribution >= 0.6 is 0 Å². The van der Waals surface area contributed by atoms with Gasteiger partial charge in [0.2, 0.25) is 0 Å². The number of alkyl halides is 3. The third-order valence-corrected chi connectivity index (χ3v) is 4.90. The van der Waals surface area contributed by atoms with Gasteiger partial charge in [-0.15, -0.1) is 0 Å². The lowest BCUT2D eigenvalue weighted by molar-refractivity contribution is -0.142. The van der Waals surface area contributed by atoms with Crippen LogP contribution in [-0.2, 0) is 19.0 Å². The van der Waals surface area contributed by atoms with Gasteiger partial charge >= 0.3 is 6.18 Å². The van der Waals surface area contributed by atoms with Gasteiger partial charge in [-0.3, -0.25) is 5.32 Å². The second-order valence-corrected chi connectivity index (χ2v) is 6.69. The van der Waals surface area contributed by atoms with Crippen LogP contribution in [0, 0.1) is 0 Å². The Morgan fingerprint density at radius 1 is 1.19 bits per heavy atom. The summed E-state index contributed by atoms with van der Waals surface area (Å²) in [5.41, 5.74) is 1.92. The molecule has 0 fully saturated rings. The Morgan fingerprint density at radius 2 is 1.88 bits per heavy atom. The van der Waals surface area contributed by atoms with E-state index >= 15 is 0 Å². The second kappa shape index (κ2) is 7.80. The zero-order chi connectivity index (χ0) is 18.7. The highest BCUT2D eigenvalue weighted by Crippen LogP contribution is 2.36.